The Morgan fingerprint density at radius 3 is 2.72 bits per heavy atom. The second kappa shape index (κ2) is 6.10. The van der Waals surface area contributed by atoms with Crippen LogP contribution in [0.2, 0.25) is 8.67 Å². The molecule has 0 aromatic carbocycles. The van der Waals surface area contributed by atoms with Gasteiger partial charge < -0.3 is 10.1 Å². The van der Waals surface area contributed by atoms with Crippen molar-refractivity contribution < 1.29 is 4.74 Å². The number of thiophene rings is 1. The number of nitrogens with one attached hydrogen (secondary N) is 1. The highest BCUT2D eigenvalue weighted by Crippen LogP contribution is 2.48. The first-order chi connectivity index (χ1) is 8.56. The lowest BCUT2D eigenvalue weighted by atomic mass is 10.0. The molecule has 1 saturated carbocycles. The molecule has 1 aliphatic rings. The van der Waals surface area contributed by atoms with Crippen LogP contribution < -0.4 is 5.32 Å². The molecule has 1 aliphatic carbocycles. The minimum atomic E-state index is 0.251. The number of ether oxygens (including phenoxy) is 1. The Morgan fingerprint density at radius 1 is 1.50 bits per heavy atom. The van der Waals surface area contributed by atoms with Crippen LogP contribution >= 0.6 is 34.5 Å². The molecule has 1 aromatic heterocycles. The van der Waals surface area contributed by atoms with E-state index < -0.39 is 0 Å². The first-order valence-electron chi connectivity index (χ1n) is 6.23. The second-order valence-corrected chi connectivity index (χ2v) is 7.41. The van der Waals surface area contributed by atoms with Gasteiger partial charge in [0.05, 0.1) is 8.67 Å². The first-order valence-corrected chi connectivity index (χ1v) is 7.81. The minimum Gasteiger partial charge on any atom is -0.385 e. The Labute approximate surface area is 123 Å². The number of methoxy groups -OCH3 is 1. The highest BCUT2D eigenvalue weighted by Gasteiger charge is 2.41. The summed E-state index contributed by atoms with van der Waals surface area (Å²) in [6, 6.07) is 2.21. The van der Waals surface area contributed by atoms with Crippen LogP contribution in [0.15, 0.2) is 6.07 Å². The van der Waals surface area contributed by atoms with Crippen LogP contribution in [-0.2, 0) is 4.74 Å². The van der Waals surface area contributed by atoms with Gasteiger partial charge in [-0.15, -0.1) is 11.3 Å². The van der Waals surface area contributed by atoms with E-state index in [4.69, 9.17) is 27.9 Å². The highest BCUT2D eigenvalue weighted by atomic mass is 35.5. The number of rotatable bonds is 7. The summed E-state index contributed by atoms with van der Waals surface area (Å²) in [6.45, 7) is 4.01. The molecular weight excluding hydrogens is 289 g/mol. The summed E-state index contributed by atoms with van der Waals surface area (Å²) in [4.78, 5) is 0. The molecule has 0 bridgehead atoms. The largest absolute Gasteiger partial charge is 0.385 e. The zero-order valence-electron chi connectivity index (χ0n) is 10.8. The Bertz CT molecular complexity index is 404. The number of hydrogen-bond acceptors (Lipinski definition) is 3. The summed E-state index contributed by atoms with van der Waals surface area (Å²) in [5.74, 6) is 0. The van der Waals surface area contributed by atoms with Crippen molar-refractivity contribution in [1.82, 2.24) is 5.32 Å². The predicted octanol–water partition coefficient (Wildman–Crippen LogP) is 4.52. The maximum absolute atomic E-state index is 6.16. The summed E-state index contributed by atoms with van der Waals surface area (Å²) >= 11 is 13.6. The molecular formula is C13H19Cl2NOS. The zero-order chi connectivity index (χ0) is 13.2. The van der Waals surface area contributed by atoms with Crippen LogP contribution in [0.3, 0.4) is 0 Å². The van der Waals surface area contributed by atoms with Crippen molar-refractivity contribution in [2.45, 2.75) is 32.2 Å². The van der Waals surface area contributed by atoms with E-state index in [-0.39, 0.29) is 6.04 Å². The molecule has 102 valence electrons. The number of hydrogen-bond donors (Lipinski definition) is 1. The molecule has 5 heteroatoms. The predicted molar refractivity (Wildman–Crippen MR) is 78.9 cm³/mol. The van der Waals surface area contributed by atoms with Crippen molar-refractivity contribution in [2.24, 2.45) is 5.41 Å². The van der Waals surface area contributed by atoms with Gasteiger partial charge in [-0.2, -0.15) is 0 Å². The fourth-order valence-corrected chi connectivity index (χ4v) is 3.78. The van der Waals surface area contributed by atoms with Gasteiger partial charge in [-0.05, 0) is 43.2 Å². The molecule has 2 rings (SSSR count). The van der Waals surface area contributed by atoms with E-state index in [9.17, 15) is 0 Å². The highest BCUT2D eigenvalue weighted by molar-refractivity contribution is 7.20. The number of halogens is 2. The molecule has 1 N–H and O–H groups in total. The van der Waals surface area contributed by atoms with Gasteiger partial charge in [0.2, 0.25) is 0 Å². The SMILES string of the molecule is COCCC1(CNC(C)c2cc(Cl)sc2Cl)CC1. The van der Waals surface area contributed by atoms with Crippen molar-refractivity contribution in [3.05, 3.63) is 20.3 Å². The van der Waals surface area contributed by atoms with Gasteiger partial charge >= 0.3 is 0 Å². The fraction of sp³-hybridized carbons (Fsp3) is 0.692. The maximum Gasteiger partial charge on any atom is 0.0991 e. The molecule has 0 saturated heterocycles. The zero-order valence-corrected chi connectivity index (χ0v) is 13.1. The fourth-order valence-electron chi connectivity index (χ4n) is 2.14. The monoisotopic (exact) mass is 307 g/mol. The van der Waals surface area contributed by atoms with Crippen molar-refractivity contribution in [3.63, 3.8) is 0 Å². The third-order valence-electron chi connectivity index (χ3n) is 3.73. The Morgan fingerprint density at radius 2 is 2.22 bits per heavy atom. The molecule has 0 aliphatic heterocycles. The molecule has 1 atom stereocenters. The molecule has 0 spiro atoms. The molecule has 18 heavy (non-hydrogen) atoms. The molecule has 1 unspecified atom stereocenters. The lowest BCUT2D eigenvalue weighted by Gasteiger charge is -2.19. The van der Waals surface area contributed by atoms with E-state index in [0.29, 0.717) is 5.41 Å². The van der Waals surface area contributed by atoms with E-state index in [2.05, 4.69) is 12.2 Å². The lowest BCUT2D eigenvalue weighted by Crippen LogP contribution is -2.27. The van der Waals surface area contributed by atoms with Crippen molar-refractivity contribution in [3.8, 4) is 0 Å². The third-order valence-corrected chi connectivity index (χ3v) is 5.24. The first kappa shape index (κ1) is 14.6. The Balaban J connectivity index is 1.85. The van der Waals surface area contributed by atoms with Gasteiger partial charge in [0.15, 0.2) is 0 Å². The second-order valence-electron chi connectivity index (χ2n) is 5.12. The van der Waals surface area contributed by atoms with Gasteiger partial charge in [0.25, 0.3) is 0 Å². The Hall–Kier alpha value is 0.200. The van der Waals surface area contributed by atoms with Crippen LogP contribution in [0, 0.1) is 5.41 Å². The van der Waals surface area contributed by atoms with E-state index in [1.165, 1.54) is 24.2 Å². The Kier molecular flexibility index (Phi) is 4.95. The van der Waals surface area contributed by atoms with Gasteiger partial charge in [-0.3, -0.25) is 0 Å². The van der Waals surface area contributed by atoms with Crippen LogP contribution in [-0.4, -0.2) is 20.3 Å². The van der Waals surface area contributed by atoms with Crippen LogP contribution in [0.25, 0.3) is 0 Å². The molecule has 1 heterocycles. The van der Waals surface area contributed by atoms with Crippen LogP contribution in [0.1, 0.15) is 37.8 Å². The molecule has 1 aromatic rings. The lowest BCUT2D eigenvalue weighted by molar-refractivity contribution is 0.170. The maximum atomic E-state index is 6.16. The molecule has 1 fully saturated rings. The molecule has 0 radical (unpaired) electrons. The van der Waals surface area contributed by atoms with E-state index in [0.717, 1.165) is 33.8 Å². The van der Waals surface area contributed by atoms with E-state index >= 15 is 0 Å². The topological polar surface area (TPSA) is 21.3 Å². The average molecular weight is 308 g/mol. The van der Waals surface area contributed by atoms with Crippen LogP contribution in [0.5, 0.6) is 0 Å². The average Bonchev–Trinajstić information content (AvgIpc) is 3.03. The van der Waals surface area contributed by atoms with Crippen LogP contribution in [0.4, 0.5) is 0 Å². The summed E-state index contributed by atoms with van der Waals surface area (Å²) in [6.07, 6.45) is 3.74. The standard InChI is InChI=1S/C13H19Cl2NOS/c1-9(10-7-11(14)18-12(10)15)16-8-13(3-4-13)5-6-17-2/h7,9,16H,3-6,8H2,1-2H3. The summed E-state index contributed by atoms with van der Waals surface area (Å²) in [7, 11) is 1.76. The van der Waals surface area contributed by atoms with Crippen molar-refractivity contribution in [2.75, 3.05) is 20.3 Å². The van der Waals surface area contributed by atoms with Crippen molar-refractivity contribution in [1.29, 1.82) is 0 Å². The van der Waals surface area contributed by atoms with Gasteiger partial charge in [0.1, 0.15) is 0 Å². The summed E-state index contributed by atoms with van der Waals surface area (Å²) in [5.41, 5.74) is 1.56. The molecule has 2 nitrogen and oxygen atoms in total. The van der Waals surface area contributed by atoms with Gasteiger partial charge in [-0.1, -0.05) is 23.2 Å². The normalized spacial score (nSPS) is 18.9. The van der Waals surface area contributed by atoms with E-state index in [1.807, 2.05) is 6.07 Å². The van der Waals surface area contributed by atoms with Crippen molar-refractivity contribution >= 4 is 34.5 Å². The van der Waals surface area contributed by atoms with Gasteiger partial charge in [0, 0.05) is 26.3 Å². The molecule has 0 amide bonds. The smallest absolute Gasteiger partial charge is 0.0991 e. The third kappa shape index (κ3) is 3.61. The summed E-state index contributed by atoms with van der Waals surface area (Å²) in [5, 5.41) is 3.57. The van der Waals surface area contributed by atoms with Gasteiger partial charge in [-0.25, -0.2) is 0 Å². The quantitative estimate of drug-likeness (QED) is 0.799. The summed E-state index contributed by atoms with van der Waals surface area (Å²) < 4.78 is 6.71. The minimum absolute atomic E-state index is 0.251. The van der Waals surface area contributed by atoms with E-state index in [1.54, 1.807) is 7.11 Å².